The van der Waals surface area contributed by atoms with Crippen LogP contribution in [0.3, 0.4) is 0 Å². The molecule has 2 fully saturated rings. The first-order valence-corrected chi connectivity index (χ1v) is 11.8. The van der Waals surface area contributed by atoms with Gasteiger partial charge < -0.3 is 39.1 Å². The van der Waals surface area contributed by atoms with E-state index in [2.05, 4.69) is 26.2 Å². The number of aromatic nitrogens is 4. The molecule has 2 aromatic carbocycles. The molecule has 0 aliphatic carbocycles. The Kier molecular flexibility index (Phi) is 6.20. The molecule has 4 heterocycles. The summed E-state index contributed by atoms with van der Waals surface area (Å²) in [4.78, 5) is 11.8. The topological polar surface area (TPSA) is 140 Å². The molecule has 0 amide bonds. The van der Waals surface area contributed by atoms with Crippen LogP contribution in [0.4, 0.5) is 5.69 Å². The number of ether oxygens (including phenoxy) is 6. The highest BCUT2D eigenvalue weighted by atomic mass is 32.1. The van der Waals surface area contributed by atoms with Gasteiger partial charge in [0.15, 0.2) is 16.6 Å². The van der Waals surface area contributed by atoms with E-state index in [1.165, 1.54) is 7.11 Å². The highest BCUT2D eigenvalue weighted by Crippen LogP contribution is 2.38. The molecule has 2 saturated heterocycles. The molecule has 0 spiro atoms. The van der Waals surface area contributed by atoms with Crippen molar-refractivity contribution >= 4 is 29.0 Å². The number of fused-ring (bicyclic) bond motifs is 2. The number of methoxy groups -OCH3 is 1. The highest BCUT2D eigenvalue weighted by molar-refractivity contribution is 7.80. The largest absolute Gasteiger partial charge is 0.465 e. The maximum absolute atomic E-state index is 11.8. The van der Waals surface area contributed by atoms with Crippen LogP contribution in [0.5, 0.6) is 23.3 Å². The molecule has 192 valence electrons. The van der Waals surface area contributed by atoms with Gasteiger partial charge in [0.2, 0.25) is 6.79 Å². The quantitative estimate of drug-likeness (QED) is 0.356. The van der Waals surface area contributed by atoms with Gasteiger partial charge in [-0.15, -0.1) is 0 Å². The van der Waals surface area contributed by atoms with Crippen molar-refractivity contribution in [2.75, 3.05) is 32.4 Å². The lowest BCUT2D eigenvalue weighted by Gasteiger charge is -2.20. The van der Waals surface area contributed by atoms with E-state index in [9.17, 15) is 4.79 Å². The van der Waals surface area contributed by atoms with E-state index in [0.29, 0.717) is 46.8 Å². The van der Waals surface area contributed by atoms with E-state index in [4.69, 9.17) is 40.6 Å². The number of rotatable bonds is 6. The van der Waals surface area contributed by atoms with Gasteiger partial charge in [-0.3, -0.25) is 0 Å². The van der Waals surface area contributed by atoms with Crippen LogP contribution in [0.25, 0.3) is 0 Å². The van der Waals surface area contributed by atoms with Crippen LogP contribution in [-0.4, -0.2) is 76.7 Å². The first kappa shape index (κ1) is 23.4. The monoisotopic (exact) mass is 526 g/mol. The van der Waals surface area contributed by atoms with Crippen molar-refractivity contribution in [3.05, 3.63) is 48.0 Å². The summed E-state index contributed by atoms with van der Waals surface area (Å²) >= 11 is 5.48. The fourth-order valence-electron chi connectivity index (χ4n) is 4.50. The number of carbonyl (C=O) groups is 1. The first-order chi connectivity index (χ1) is 18.1. The van der Waals surface area contributed by atoms with Gasteiger partial charge in [0.1, 0.15) is 24.0 Å². The molecule has 0 saturated carbocycles. The molecule has 37 heavy (non-hydrogen) atoms. The summed E-state index contributed by atoms with van der Waals surface area (Å²) in [6.45, 7) is 0.873. The lowest BCUT2D eigenvalue weighted by atomic mass is 10.1. The number of hydrogen-bond donors (Lipinski definition) is 2. The molecule has 3 aromatic rings. The molecular formula is C23H22N6O7S. The summed E-state index contributed by atoms with van der Waals surface area (Å²) in [5.41, 5.74) is 1.07. The van der Waals surface area contributed by atoms with Crippen LogP contribution in [0.1, 0.15) is 16.4 Å². The summed E-state index contributed by atoms with van der Waals surface area (Å²) in [7, 11) is 1.34. The normalized spacial score (nSPS) is 23.4. The molecule has 0 radical (unpaired) electrons. The minimum Gasteiger partial charge on any atom is -0.465 e. The predicted molar refractivity (Wildman–Crippen MR) is 130 cm³/mol. The summed E-state index contributed by atoms with van der Waals surface area (Å²) < 4.78 is 35.1. The molecule has 13 nitrogen and oxygen atoms in total. The molecule has 0 unspecified atom stereocenters. The Balaban J connectivity index is 1.09. The van der Waals surface area contributed by atoms with Crippen molar-refractivity contribution in [3.8, 4) is 23.3 Å². The summed E-state index contributed by atoms with van der Waals surface area (Å²) in [6, 6.07) is 11.8. The summed E-state index contributed by atoms with van der Waals surface area (Å²) in [5.74, 6) is 1.33. The van der Waals surface area contributed by atoms with Crippen LogP contribution in [0.2, 0.25) is 0 Å². The third-order valence-corrected chi connectivity index (χ3v) is 6.44. The third-order valence-electron chi connectivity index (χ3n) is 6.22. The van der Waals surface area contributed by atoms with Gasteiger partial charge in [-0.05, 0) is 53.0 Å². The van der Waals surface area contributed by atoms with E-state index in [-0.39, 0.29) is 37.1 Å². The zero-order chi connectivity index (χ0) is 25.4. The predicted octanol–water partition coefficient (Wildman–Crippen LogP) is 1.67. The average Bonchev–Trinajstić information content (AvgIpc) is 3.69. The van der Waals surface area contributed by atoms with Gasteiger partial charge in [0, 0.05) is 11.8 Å². The molecule has 3 aliphatic rings. The van der Waals surface area contributed by atoms with Crippen LogP contribution in [0.15, 0.2) is 42.5 Å². The molecule has 6 rings (SSSR count). The maximum atomic E-state index is 11.8. The van der Waals surface area contributed by atoms with Crippen molar-refractivity contribution < 1.29 is 33.2 Å². The van der Waals surface area contributed by atoms with Gasteiger partial charge in [-0.1, -0.05) is 11.2 Å². The Labute approximate surface area is 215 Å². The zero-order valence-electron chi connectivity index (χ0n) is 19.5. The Hall–Kier alpha value is -4.01. The van der Waals surface area contributed by atoms with Gasteiger partial charge in [-0.2, -0.15) is 4.68 Å². The van der Waals surface area contributed by atoms with Crippen LogP contribution >= 0.6 is 12.2 Å². The second-order valence-electron chi connectivity index (χ2n) is 8.46. The van der Waals surface area contributed by atoms with Gasteiger partial charge in [0.05, 0.1) is 31.9 Å². The zero-order valence-corrected chi connectivity index (χ0v) is 20.3. The molecular weight excluding hydrogens is 504 g/mol. The minimum absolute atomic E-state index is 0.171. The number of esters is 1. The van der Waals surface area contributed by atoms with Gasteiger partial charge in [-0.25, -0.2) is 4.79 Å². The van der Waals surface area contributed by atoms with Crippen molar-refractivity contribution in [1.82, 2.24) is 25.5 Å². The van der Waals surface area contributed by atoms with Crippen LogP contribution < -0.4 is 24.8 Å². The van der Waals surface area contributed by atoms with E-state index < -0.39 is 5.97 Å². The summed E-state index contributed by atoms with van der Waals surface area (Å²) in [6.07, 6.45) is -0.598. The van der Waals surface area contributed by atoms with Crippen LogP contribution in [-0.2, 0) is 14.2 Å². The SMILES string of the molecule is COC(=O)c1cccc(NC(=S)N[C@H]2CO[C@H]3[C@@H]2OC[C@@H]3n2nnnc2Oc2ccc3c(c2)OCO3)c1. The molecule has 2 N–H and O–H groups in total. The summed E-state index contributed by atoms with van der Waals surface area (Å²) in [5, 5.41) is 18.6. The third kappa shape index (κ3) is 4.61. The minimum atomic E-state index is -0.426. The van der Waals surface area contributed by atoms with Crippen molar-refractivity contribution in [2.24, 2.45) is 0 Å². The lowest BCUT2D eigenvalue weighted by molar-refractivity contribution is 0.0600. The van der Waals surface area contributed by atoms with Crippen molar-refractivity contribution in [3.63, 3.8) is 0 Å². The van der Waals surface area contributed by atoms with E-state index in [1.54, 1.807) is 47.1 Å². The number of benzene rings is 2. The lowest BCUT2D eigenvalue weighted by Crippen LogP contribution is -2.45. The van der Waals surface area contributed by atoms with E-state index >= 15 is 0 Å². The number of carbonyl (C=O) groups excluding carboxylic acids is 1. The van der Waals surface area contributed by atoms with Gasteiger partial charge in [0.25, 0.3) is 0 Å². The molecule has 3 aliphatic heterocycles. The number of nitrogens with one attached hydrogen (secondary N) is 2. The Bertz CT molecular complexity index is 1340. The smallest absolute Gasteiger partial charge is 0.341 e. The second-order valence-corrected chi connectivity index (χ2v) is 8.87. The van der Waals surface area contributed by atoms with Crippen molar-refractivity contribution in [1.29, 1.82) is 0 Å². The number of tetrazole rings is 1. The number of thiocarbonyl (C=S) groups is 1. The highest BCUT2D eigenvalue weighted by Gasteiger charge is 2.50. The maximum Gasteiger partial charge on any atom is 0.341 e. The molecule has 1 aromatic heterocycles. The standard InChI is InChI=1S/C23H22N6O7S/c1-31-21(30)12-3-2-4-13(7-12)24-22(37)25-15-9-32-20-16(10-33-19(15)20)29-23(26-27-28-29)36-14-5-6-17-18(8-14)35-11-34-17/h2-8,15-16,19-20H,9-11H2,1H3,(H2,24,25,37)/t15-,16-,19+,20+/m0/s1. The van der Waals surface area contributed by atoms with Crippen LogP contribution in [0, 0.1) is 0 Å². The van der Waals surface area contributed by atoms with Gasteiger partial charge >= 0.3 is 12.0 Å². The molecule has 4 atom stereocenters. The molecule has 0 bridgehead atoms. The number of nitrogens with zero attached hydrogens (tertiary/aromatic N) is 4. The average molecular weight is 527 g/mol. The number of anilines is 1. The Morgan fingerprint density at radius 2 is 1.97 bits per heavy atom. The number of hydrogen-bond acceptors (Lipinski definition) is 11. The fraction of sp³-hybridized carbons (Fsp3) is 0.348. The fourth-order valence-corrected chi connectivity index (χ4v) is 4.77. The van der Waals surface area contributed by atoms with Crippen molar-refractivity contribution in [2.45, 2.75) is 24.3 Å². The van der Waals surface area contributed by atoms with E-state index in [1.807, 2.05) is 0 Å². The van der Waals surface area contributed by atoms with E-state index in [0.717, 1.165) is 0 Å². The first-order valence-electron chi connectivity index (χ1n) is 11.4. The second kappa shape index (κ2) is 9.80. The Morgan fingerprint density at radius 1 is 1.11 bits per heavy atom. The Morgan fingerprint density at radius 3 is 2.86 bits per heavy atom. The molecule has 14 heteroatoms.